The Balaban J connectivity index is 2.30. The van der Waals surface area contributed by atoms with Gasteiger partial charge in [-0.15, -0.1) is 0 Å². The highest BCUT2D eigenvalue weighted by Crippen LogP contribution is 2.28. The molecule has 1 aliphatic carbocycles. The summed E-state index contributed by atoms with van der Waals surface area (Å²) in [6.07, 6.45) is 4.99. The molecule has 1 atom stereocenters. The lowest BCUT2D eigenvalue weighted by atomic mass is 9.87. The van der Waals surface area contributed by atoms with Crippen molar-refractivity contribution in [3.05, 3.63) is 35.4 Å². The van der Waals surface area contributed by atoms with Gasteiger partial charge in [0.1, 0.15) is 17.2 Å². The highest BCUT2D eigenvalue weighted by molar-refractivity contribution is 5.80. The minimum absolute atomic E-state index is 0.0306. The third kappa shape index (κ3) is 2.98. The highest BCUT2D eigenvalue weighted by atomic mass is 19.1. The fraction of sp³-hybridized carbons (Fsp3) is 0.533. The number of rotatable bonds is 4. The van der Waals surface area contributed by atoms with Crippen molar-refractivity contribution in [2.75, 3.05) is 0 Å². The first-order valence-electron chi connectivity index (χ1n) is 6.90. The summed E-state index contributed by atoms with van der Waals surface area (Å²) in [6.45, 7) is 1.43. The predicted octanol–water partition coefficient (Wildman–Crippen LogP) is 3.19. The van der Waals surface area contributed by atoms with E-state index in [1.807, 2.05) is 0 Å². The zero-order valence-electron chi connectivity index (χ0n) is 11.5. The molecule has 1 aromatic carbocycles. The summed E-state index contributed by atoms with van der Waals surface area (Å²) in [5.74, 6) is -2.71. The maximum Gasteiger partial charge on any atom is 0.328 e. The number of hydrogen-bond acceptors (Lipinski definition) is 2. The molecular formula is C15H19F2NO2. The topological polar surface area (TPSA) is 49.3 Å². The van der Waals surface area contributed by atoms with E-state index in [4.69, 9.17) is 0 Å². The van der Waals surface area contributed by atoms with Gasteiger partial charge >= 0.3 is 5.97 Å². The summed E-state index contributed by atoms with van der Waals surface area (Å²) in [4.78, 5) is 11.6. The zero-order valence-corrected chi connectivity index (χ0v) is 11.5. The van der Waals surface area contributed by atoms with E-state index in [2.05, 4.69) is 5.32 Å². The van der Waals surface area contributed by atoms with Gasteiger partial charge in [-0.1, -0.05) is 25.3 Å². The van der Waals surface area contributed by atoms with Gasteiger partial charge in [0.15, 0.2) is 0 Å². The molecule has 1 aromatic rings. The van der Waals surface area contributed by atoms with Crippen molar-refractivity contribution in [1.82, 2.24) is 5.32 Å². The Morgan fingerprint density at radius 2 is 1.95 bits per heavy atom. The van der Waals surface area contributed by atoms with E-state index in [-0.39, 0.29) is 11.6 Å². The molecule has 1 aliphatic rings. The maximum atomic E-state index is 13.9. The molecule has 2 rings (SSSR count). The van der Waals surface area contributed by atoms with Crippen molar-refractivity contribution in [3.63, 3.8) is 0 Å². The van der Waals surface area contributed by atoms with Gasteiger partial charge in [-0.05, 0) is 25.8 Å². The molecule has 0 aliphatic heterocycles. The molecule has 3 nitrogen and oxygen atoms in total. The summed E-state index contributed by atoms with van der Waals surface area (Å²) in [7, 11) is 0. The van der Waals surface area contributed by atoms with Crippen LogP contribution in [0.2, 0.25) is 0 Å². The Bertz CT molecular complexity index is 501. The van der Waals surface area contributed by atoms with Crippen molar-refractivity contribution < 1.29 is 18.7 Å². The monoisotopic (exact) mass is 283 g/mol. The van der Waals surface area contributed by atoms with E-state index in [0.29, 0.717) is 0 Å². The molecule has 1 saturated carbocycles. The summed E-state index contributed by atoms with van der Waals surface area (Å²) in [5, 5.41) is 12.5. The molecule has 110 valence electrons. The van der Waals surface area contributed by atoms with Gasteiger partial charge < -0.3 is 5.11 Å². The molecule has 1 fully saturated rings. The second-order valence-electron chi connectivity index (χ2n) is 5.53. The van der Waals surface area contributed by atoms with E-state index in [1.165, 1.54) is 13.0 Å². The fourth-order valence-electron chi connectivity index (χ4n) is 2.80. The Labute approximate surface area is 117 Å². The quantitative estimate of drug-likeness (QED) is 0.892. The minimum atomic E-state index is -1.54. The summed E-state index contributed by atoms with van der Waals surface area (Å²) in [5.41, 5.74) is -1.57. The van der Waals surface area contributed by atoms with Crippen LogP contribution in [0.1, 0.15) is 44.6 Å². The molecular weight excluding hydrogens is 264 g/mol. The standard InChI is InChI=1S/C15H19F2NO2/c1-15(14(19)20,18-11-5-3-2-4-6-11)12-8-7-10(16)9-13(12)17/h7-9,11,18H,2-6H2,1H3,(H,19,20). The predicted molar refractivity (Wildman–Crippen MR) is 71.4 cm³/mol. The average Bonchev–Trinajstić information content (AvgIpc) is 2.39. The molecule has 0 radical (unpaired) electrons. The maximum absolute atomic E-state index is 13.9. The normalized spacial score (nSPS) is 19.6. The van der Waals surface area contributed by atoms with Crippen LogP contribution in [0, 0.1) is 11.6 Å². The SMILES string of the molecule is CC(NC1CCCCC1)(C(=O)O)c1ccc(F)cc1F. The largest absolute Gasteiger partial charge is 0.480 e. The Morgan fingerprint density at radius 1 is 1.30 bits per heavy atom. The average molecular weight is 283 g/mol. The number of aliphatic carboxylic acids is 1. The van der Waals surface area contributed by atoms with Crippen molar-refractivity contribution in [2.24, 2.45) is 0 Å². The van der Waals surface area contributed by atoms with E-state index in [1.54, 1.807) is 0 Å². The Hall–Kier alpha value is -1.49. The van der Waals surface area contributed by atoms with Crippen molar-refractivity contribution in [2.45, 2.75) is 50.6 Å². The second kappa shape index (κ2) is 5.87. The first-order valence-corrected chi connectivity index (χ1v) is 6.90. The number of halogens is 2. The molecule has 1 unspecified atom stereocenters. The van der Waals surface area contributed by atoms with Crippen LogP contribution in [0.5, 0.6) is 0 Å². The minimum Gasteiger partial charge on any atom is -0.480 e. The Kier molecular flexibility index (Phi) is 4.38. The number of carboxylic acid groups (broad SMARTS) is 1. The van der Waals surface area contributed by atoms with Gasteiger partial charge in [-0.3, -0.25) is 5.32 Å². The first kappa shape index (κ1) is 14.9. The number of benzene rings is 1. The molecule has 0 saturated heterocycles. The van der Waals surface area contributed by atoms with Gasteiger partial charge in [0.2, 0.25) is 0 Å². The summed E-state index contributed by atoms with van der Waals surface area (Å²) >= 11 is 0. The van der Waals surface area contributed by atoms with E-state index in [9.17, 15) is 18.7 Å². The second-order valence-corrected chi connectivity index (χ2v) is 5.53. The lowest BCUT2D eigenvalue weighted by Gasteiger charge is -2.34. The molecule has 0 bridgehead atoms. The van der Waals surface area contributed by atoms with E-state index < -0.39 is 23.1 Å². The zero-order chi connectivity index (χ0) is 14.8. The molecule has 20 heavy (non-hydrogen) atoms. The van der Waals surface area contributed by atoms with Gasteiger partial charge in [-0.2, -0.15) is 0 Å². The van der Waals surface area contributed by atoms with Gasteiger partial charge in [-0.25, -0.2) is 13.6 Å². The Morgan fingerprint density at radius 3 is 2.50 bits per heavy atom. The molecule has 0 aromatic heterocycles. The van der Waals surface area contributed by atoms with E-state index in [0.717, 1.165) is 44.2 Å². The smallest absolute Gasteiger partial charge is 0.328 e. The lowest BCUT2D eigenvalue weighted by Crippen LogP contribution is -2.52. The van der Waals surface area contributed by atoms with Crippen molar-refractivity contribution in [1.29, 1.82) is 0 Å². The van der Waals surface area contributed by atoms with Crippen LogP contribution < -0.4 is 5.32 Å². The molecule has 5 heteroatoms. The van der Waals surface area contributed by atoms with Crippen LogP contribution >= 0.6 is 0 Å². The van der Waals surface area contributed by atoms with Crippen LogP contribution in [0.25, 0.3) is 0 Å². The number of nitrogens with one attached hydrogen (secondary N) is 1. The number of carboxylic acids is 1. The summed E-state index contributed by atoms with van der Waals surface area (Å²) in [6, 6.07) is 3.06. The number of hydrogen-bond donors (Lipinski definition) is 2. The van der Waals surface area contributed by atoms with Gasteiger partial charge in [0.25, 0.3) is 0 Å². The molecule has 0 heterocycles. The van der Waals surface area contributed by atoms with Crippen molar-refractivity contribution >= 4 is 5.97 Å². The van der Waals surface area contributed by atoms with Crippen LogP contribution in [0.4, 0.5) is 8.78 Å². The fourth-order valence-corrected chi connectivity index (χ4v) is 2.80. The third-order valence-electron chi connectivity index (χ3n) is 4.00. The van der Waals surface area contributed by atoms with Crippen LogP contribution in [0.3, 0.4) is 0 Å². The third-order valence-corrected chi connectivity index (χ3v) is 4.00. The molecule has 0 spiro atoms. The van der Waals surface area contributed by atoms with E-state index >= 15 is 0 Å². The highest BCUT2D eigenvalue weighted by Gasteiger charge is 2.39. The van der Waals surface area contributed by atoms with Crippen LogP contribution in [0.15, 0.2) is 18.2 Å². The first-order chi connectivity index (χ1) is 9.43. The van der Waals surface area contributed by atoms with Gasteiger partial charge in [0, 0.05) is 17.7 Å². The van der Waals surface area contributed by atoms with Crippen LogP contribution in [-0.4, -0.2) is 17.1 Å². The lowest BCUT2D eigenvalue weighted by molar-refractivity contribution is -0.145. The van der Waals surface area contributed by atoms with Crippen molar-refractivity contribution in [3.8, 4) is 0 Å². The summed E-state index contributed by atoms with van der Waals surface area (Å²) < 4.78 is 26.9. The number of carbonyl (C=O) groups is 1. The molecule has 2 N–H and O–H groups in total. The van der Waals surface area contributed by atoms with Crippen LogP contribution in [-0.2, 0) is 10.3 Å². The van der Waals surface area contributed by atoms with Gasteiger partial charge in [0.05, 0.1) is 0 Å². The molecule has 0 amide bonds.